The smallest absolute Gasteiger partial charge is 0.260 e. The summed E-state index contributed by atoms with van der Waals surface area (Å²) in [5.74, 6) is 0.244. The van der Waals surface area contributed by atoms with Crippen LogP contribution < -0.4 is 20.3 Å². The molecule has 0 saturated heterocycles. The summed E-state index contributed by atoms with van der Waals surface area (Å²) in [6.07, 6.45) is 5.69. The van der Waals surface area contributed by atoms with E-state index < -0.39 is 14.8 Å². The van der Waals surface area contributed by atoms with Crippen LogP contribution in [0.5, 0.6) is 11.6 Å². The van der Waals surface area contributed by atoms with Gasteiger partial charge < -0.3 is 15.2 Å². The summed E-state index contributed by atoms with van der Waals surface area (Å²) < 4.78 is 33.1. The first-order chi connectivity index (χ1) is 9.85. The normalized spacial score (nSPS) is 21.8. The number of allylic oxidation sites excluding steroid dienone is 2. The lowest BCUT2D eigenvalue weighted by Crippen LogP contribution is -2.41. The van der Waals surface area contributed by atoms with Crippen LogP contribution in [-0.2, 0) is 14.8 Å². The lowest BCUT2D eigenvalue weighted by Gasteiger charge is -2.30. The van der Waals surface area contributed by atoms with E-state index in [1.807, 2.05) is 0 Å². The maximum atomic E-state index is 12.2. The Hall–Kier alpha value is -2.13. The Bertz CT molecular complexity index is 714. The second kappa shape index (κ2) is 5.34. The number of nitrogens with zero attached hydrogens (tertiary/aromatic N) is 2. The van der Waals surface area contributed by atoms with Crippen molar-refractivity contribution in [3.63, 3.8) is 0 Å². The average molecular weight is 312 g/mol. The zero-order valence-corrected chi connectivity index (χ0v) is 12.4. The van der Waals surface area contributed by atoms with Crippen molar-refractivity contribution in [2.45, 2.75) is 11.2 Å². The van der Waals surface area contributed by atoms with Crippen LogP contribution in [0.3, 0.4) is 0 Å². The van der Waals surface area contributed by atoms with E-state index in [2.05, 4.69) is 9.97 Å². The fraction of sp³-hybridized carbons (Fsp3) is 0.333. The quantitative estimate of drug-likeness (QED) is 0.785. The van der Waals surface area contributed by atoms with E-state index in [0.29, 0.717) is 5.70 Å². The number of hydrogen-bond acceptors (Lipinski definition) is 7. The van der Waals surface area contributed by atoms with Crippen LogP contribution in [-0.4, -0.2) is 32.6 Å². The summed E-state index contributed by atoms with van der Waals surface area (Å²) in [5, 5.41) is 5.43. The SMILES string of the molecule is COc1ncnc(C2(S(N)(=O)=O)C=CC(N)=CC2)c1OC. The lowest BCUT2D eigenvalue weighted by molar-refractivity contribution is 0.333. The van der Waals surface area contributed by atoms with Gasteiger partial charge in [-0.2, -0.15) is 4.98 Å². The van der Waals surface area contributed by atoms with E-state index in [1.54, 1.807) is 6.08 Å². The molecular weight excluding hydrogens is 296 g/mol. The van der Waals surface area contributed by atoms with Crippen molar-refractivity contribution >= 4 is 10.0 Å². The van der Waals surface area contributed by atoms with Crippen LogP contribution in [0, 0.1) is 0 Å². The molecule has 0 aliphatic heterocycles. The van der Waals surface area contributed by atoms with Gasteiger partial charge in [-0.3, -0.25) is 0 Å². The first-order valence-electron chi connectivity index (χ1n) is 5.96. The third kappa shape index (κ3) is 2.45. The number of nitrogens with two attached hydrogens (primary N) is 2. The minimum Gasteiger partial charge on any atom is -0.490 e. The third-order valence-corrected chi connectivity index (χ3v) is 4.77. The molecule has 4 N–H and O–H groups in total. The minimum atomic E-state index is -4.03. The summed E-state index contributed by atoms with van der Waals surface area (Å²) in [4.78, 5) is 7.94. The van der Waals surface area contributed by atoms with Crippen molar-refractivity contribution in [2.24, 2.45) is 10.9 Å². The predicted octanol–water partition coefficient (Wildman–Crippen LogP) is -0.220. The molecule has 1 unspecified atom stereocenters. The van der Waals surface area contributed by atoms with Gasteiger partial charge in [0.1, 0.15) is 12.0 Å². The summed E-state index contributed by atoms with van der Waals surface area (Å²) in [6.45, 7) is 0. The molecule has 1 aromatic heterocycles. The fourth-order valence-corrected chi connectivity index (χ4v) is 3.13. The lowest BCUT2D eigenvalue weighted by atomic mass is 9.94. The van der Waals surface area contributed by atoms with Crippen LogP contribution in [0.4, 0.5) is 0 Å². The molecule has 1 aromatic rings. The number of ether oxygens (including phenoxy) is 2. The Morgan fingerprint density at radius 3 is 2.48 bits per heavy atom. The molecule has 0 fully saturated rings. The maximum Gasteiger partial charge on any atom is 0.260 e. The molecule has 0 radical (unpaired) electrons. The van der Waals surface area contributed by atoms with E-state index in [0.717, 1.165) is 0 Å². The van der Waals surface area contributed by atoms with Gasteiger partial charge >= 0.3 is 0 Å². The summed E-state index contributed by atoms with van der Waals surface area (Å²) >= 11 is 0. The van der Waals surface area contributed by atoms with Gasteiger partial charge in [0.2, 0.25) is 15.8 Å². The zero-order valence-electron chi connectivity index (χ0n) is 11.6. The molecule has 0 bridgehead atoms. The topological polar surface area (TPSA) is 130 Å². The highest BCUT2D eigenvalue weighted by Gasteiger charge is 2.46. The molecule has 2 rings (SSSR count). The second-order valence-electron chi connectivity index (χ2n) is 4.44. The van der Waals surface area contributed by atoms with Crippen LogP contribution >= 0.6 is 0 Å². The largest absolute Gasteiger partial charge is 0.490 e. The molecule has 1 heterocycles. The molecule has 1 aliphatic rings. The highest BCUT2D eigenvalue weighted by atomic mass is 32.2. The van der Waals surface area contributed by atoms with Crippen molar-refractivity contribution in [2.75, 3.05) is 14.2 Å². The molecule has 0 saturated carbocycles. The minimum absolute atomic E-state index is 0.0463. The number of primary sulfonamides is 1. The van der Waals surface area contributed by atoms with Crippen molar-refractivity contribution in [1.29, 1.82) is 0 Å². The Morgan fingerprint density at radius 1 is 1.29 bits per heavy atom. The van der Waals surface area contributed by atoms with E-state index >= 15 is 0 Å². The highest BCUT2D eigenvalue weighted by molar-refractivity contribution is 7.90. The van der Waals surface area contributed by atoms with Gasteiger partial charge in [-0.15, -0.1) is 0 Å². The summed E-state index contributed by atoms with van der Waals surface area (Å²) in [5.41, 5.74) is 6.22. The number of aromatic nitrogens is 2. The Labute approximate surface area is 122 Å². The molecule has 8 nitrogen and oxygen atoms in total. The Morgan fingerprint density at radius 2 is 2.00 bits per heavy atom. The molecule has 0 spiro atoms. The van der Waals surface area contributed by atoms with Gasteiger partial charge in [-0.1, -0.05) is 12.2 Å². The van der Waals surface area contributed by atoms with Gasteiger partial charge in [0, 0.05) is 5.70 Å². The zero-order chi connectivity index (χ0) is 15.7. The highest BCUT2D eigenvalue weighted by Crippen LogP contribution is 2.43. The second-order valence-corrected chi connectivity index (χ2v) is 6.26. The Kier molecular flexibility index (Phi) is 3.88. The van der Waals surface area contributed by atoms with Crippen molar-refractivity contribution in [1.82, 2.24) is 9.97 Å². The average Bonchev–Trinajstić information content (AvgIpc) is 2.46. The number of rotatable bonds is 4. The summed E-state index contributed by atoms with van der Waals surface area (Å²) in [7, 11) is -1.27. The van der Waals surface area contributed by atoms with Crippen LogP contribution in [0.2, 0.25) is 0 Å². The van der Waals surface area contributed by atoms with Crippen molar-refractivity contribution in [3.05, 3.63) is 35.9 Å². The van der Waals surface area contributed by atoms with Gasteiger partial charge in [0.15, 0.2) is 4.75 Å². The summed E-state index contributed by atoms with van der Waals surface area (Å²) in [6, 6.07) is 0. The van der Waals surface area contributed by atoms with E-state index in [-0.39, 0.29) is 23.7 Å². The van der Waals surface area contributed by atoms with Crippen molar-refractivity contribution < 1.29 is 17.9 Å². The first kappa shape index (κ1) is 15.3. The Balaban J connectivity index is 2.74. The monoisotopic (exact) mass is 312 g/mol. The number of hydrogen-bond donors (Lipinski definition) is 2. The van der Waals surface area contributed by atoms with E-state index in [1.165, 1.54) is 32.7 Å². The first-order valence-corrected chi connectivity index (χ1v) is 7.51. The van der Waals surface area contributed by atoms with Crippen LogP contribution in [0.25, 0.3) is 0 Å². The molecule has 1 atom stereocenters. The van der Waals surface area contributed by atoms with Gasteiger partial charge in [-0.05, 0) is 12.5 Å². The molecule has 21 heavy (non-hydrogen) atoms. The fourth-order valence-electron chi connectivity index (χ4n) is 2.15. The van der Waals surface area contributed by atoms with E-state index in [4.69, 9.17) is 20.3 Å². The number of methoxy groups -OCH3 is 2. The van der Waals surface area contributed by atoms with Crippen LogP contribution in [0.15, 0.2) is 30.3 Å². The molecule has 114 valence electrons. The van der Waals surface area contributed by atoms with Gasteiger partial charge in [-0.25, -0.2) is 18.5 Å². The van der Waals surface area contributed by atoms with Gasteiger partial charge in [0.25, 0.3) is 5.88 Å². The standard InChI is InChI=1S/C12H16N4O4S/c1-19-9-10(15-7-16-11(9)20-2)12(21(14,17)18)5-3-8(13)4-6-12/h3-5,7H,6,13H2,1-2H3,(H2,14,17,18). The molecular formula is C12H16N4O4S. The van der Waals surface area contributed by atoms with Crippen LogP contribution in [0.1, 0.15) is 12.1 Å². The predicted molar refractivity (Wildman–Crippen MR) is 75.9 cm³/mol. The third-order valence-electron chi connectivity index (χ3n) is 3.26. The van der Waals surface area contributed by atoms with E-state index in [9.17, 15) is 8.42 Å². The maximum absolute atomic E-state index is 12.2. The number of sulfonamides is 1. The molecule has 0 aromatic carbocycles. The molecule has 1 aliphatic carbocycles. The molecule has 9 heteroatoms. The molecule has 0 amide bonds. The van der Waals surface area contributed by atoms with Crippen molar-refractivity contribution in [3.8, 4) is 11.6 Å². The van der Waals surface area contributed by atoms with Gasteiger partial charge in [0.05, 0.1) is 14.2 Å².